The second kappa shape index (κ2) is 7.03. The van der Waals surface area contributed by atoms with Crippen molar-refractivity contribution in [3.05, 3.63) is 48.5 Å². The molecule has 2 rings (SSSR count). The van der Waals surface area contributed by atoms with Crippen LogP contribution in [0.15, 0.2) is 48.5 Å². The Bertz CT molecular complexity index is 746. The van der Waals surface area contributed by atoms with Crippen LogP contribution in [-0.2, 0) is 4.79 Å². The molecule has 0 unspecified atom stereocenters. The van der Waals surface area contributed by atoms with E-state index in [-0.39, 0.29) is 11.4 Å². The number of amides is 3. The van der Waals surface area contributed by atoms with Gasteiger partial charge in [0.25, 0.3) is 0 Å². The lowest BCUT2D eigenvalue weighted by atomic mass is 10.0. The summed E-state index contributed by atoms with van der Waals surface area (Å²) >= 11 is 0. The van der Waals surface area contributed by atoms with E-state index in [0.29, 0.717) is 5.56 Å². The molecule has 0 bridgehead atoms. The van der Waals surface area contributed by atoms with Crippen LogP contribution in [-0.4, -0.2) is 25.2 Å². The lowest BCUT2D eigenvalue weighted by Gasteiger charge is -2.13. The van der Waals surface area contributed by atoms with E-state index in [1.165, 1.54) is 18.5 Å². The number of anilines is 1. The smallest absolute Gasteiger partial charge is 0.471 e. The van der Waals surface area contributed by atoms with Crippen LogP contribution in [0.2, 0.25) is 0 Å². The van der Waals surface area contributed by atoms with Gasteiger partial charge in [0.2, 0.25) is 0 Å². The van der Waals surface area contributed by atoms with Gasteiger partial charge in [0, 0.05) is 0 Å². The highest BCUT2D eigenvalue weighted by Crippen LogP contribution is 2.30. The molecule has 2 aromatic carbocycles. The van der Waals surface area contributed by atoms with Gasteiger partial charge in [0.1, 0.15) is 5.75 Å². The number of rotatable bonds is 3. The van der Waals surface area contributed by atoms with Gasteiger partial charge >= 0.3 is 18.1 Å². The van der Waals surface area contributed by atoms with Gasteiger partial charge in [-0.3, -0.25) is 10.1 Å². The molecule has 0 atom stereocenters. The summed E-state index contributed by atoms with van der Waals surface area (Å²) in [5.74, 6) is -2.11. The maximum Gasteiger partial charge on any atom is 0.471 e. The Kier molecular flexibility index (Phi) is 5.08. The summed E-state index contributed by atoms with van der Waals surface area (Å²) in [5, 5.41) is 3.39. The minimum absolute atomic E-state index is 0.131. The molecular formula is C16H13F3N2O3. The molecule has 0 aromatic heterocycles. The van der Waals surface area contributed by atoms with Crippen molar-refractivity contribution in [2.45, 2.75) is 6.18 Å². The summed E-state index contributed by atoms with van der Waals surface area (Å²) in [7, 11) is 1.35. The lowest BCUT2D eigenvalue weighted by molar-refractivity contribution is -0.172. The van der Waals surface area contributed by atoms with Crippen LogP contribution in [0.1, 0.15) is 0 Å². The standard InChI is InChI=1S/C16H13F3N2O3/c1-24-13-8-7-11(10-5-3-2-4-6-10)9-12(13)20-15(23)21-14(22)16(17,18)19/h2-9H,1H3,(H2,20,21,22,23). The third-order valence-electron chi connectivity index (χ3n) is 3.04. The fourth-order valence-corrected chi connectivity index (χ4v) is 1.94. The molecule has 0 aliphatic carbocycles. The Morgan fingerprint density at radius 1 is 1.00 bits per heavy atom. The average molecular weight is 338 g/mol. The van der Waals surface area contributed by atoms with Crippen molar-refractivity contribution >= 4 is 17.6 Å². The van der Waals surface area contributed by atoms with Crippen molar-refractivity contribution in [1.29, 1.82) is 0 Å². The van der Waals surface area contributed by atoms with Crippen LogP contribution < -0.4 is 15.4 Å². The number of halogens is 3. The first-order chi connectivity index (χ1) is 11.3. The summed E-state index contributed by atoms with van der Waals surface area (Å²) in [6.45, 7) is 0. The molecule has 5 nitrogen and oxygen atoms in total. The van der Waals surface area contributed by atoms with Crippen molar-refractivity contribution in [1.82, 2.24) is 5.32 Å². The summed E-state index contributed by atoms with van der Waals surface area (Å²) in [5.41, 5.74) is 1.69. The van der Waals surface area contributed by atoms with E-state index in [1.54, 1.807) is 12.1 Å². The van der Waals surface area contributed by atoms with E-state index < -0.39 is 18.1 Å². The molecule has 3 amide bonds. The second-order valence-electron chi connectivity index (χ2n) is 4.69. The van der Waals surface area contributed by atoms with Crippen molar-refractivity contribution in [3.63, 3.8) is 0 Å². The van der Waals surface area contributed by atoms with Crippen LogP contribution in [0.5, 0.6) is 5.75 Å². The van der Waals surface area contributed by atoms with E-state index in [1.807, 2.05) is 30.3 Å². The number of urea groups is 1. The molecule has 8 heteroatoms. The van der Waals surface area contributed by atoms with Gasteiger partial charge in [0.15, 0.2) is 0 Å². The average Bonchev–Trinajstić information content (AvgIpc) is 2.54. The molecule has 0 heterocycles. The summed E-state index contributed by atoms with van der Waals surface area (Å²) in [4.78, 5) is 22.4. The molecule has 0 radical (unpaired) electrons. The van der Waals surface area contributed by atoms with Gasteiger partial charge in [-0.2, -0.15) is 13.2 Å². The molecule has 2 N–H and O–H groups in total. The van der Waals surface area contributed by atoms with Gasteiger partial charge in [-0.1, -0.05) is 36.4 Å². The summed E-state index contributed by atoms with van der Waals surface area (Å²) in [6.07, 6.45) is -5.15. The van der Waals surface area contributed by atoms with Crippen molar-refractivity contribution in [2.24, 2.45) is 0 Å². The maximum atomic E-state index is 12.2. The van der Waals surface area contributed by atoms with Crippen molar-refractivity contribution in [3.8, 4) is 16.9 Å². The van der Waals surface area contributed by atoms with Gasteiger partial charge in [-0.25, -0.2) is 4.79 Å². The fraction of sp³-hybridized carbons (Fsp3) is 0.125. The molecule has 24 heavy (non-hydrogen) atoms. The number of nitrogens with one attached hydrogen (secondary N) is 2. The molecule has 0 fully saturated rings. The van der Waals surface area contributed by atoms with Gasteiger partial charge in [-0.05, 0) is 23.3 Å². The zero-order valence-corrected chi connectivity index (χ0v) is 12.5. The number of carbonyl (C=O) groups is 2. The number of benzene rings is 2. The van der Waals surface area contributed by atoms with Gasteiger partial charge in [-0.15, -0.1) is 0 Å². The predicted octanol–water partition coefficient (Wildman–Crippen LogP) is 3.57. The Labute approximate surface area is 135 Å². The number of hydrogen-bond donors (Lipinski definition) is 2. The zero-order valence-electron chi connectivity index (χ0n) is 12.5. The third-order valence-corrected chi connectivity index (χ3v) is 3.04. The van der Waals surface area contributed by atoms with Gasteiger partial charge < -0.3 is 10.1 Å². The minimum Gasteiger partial charge on any atom is -0.495 e. The molecule has 126 valence electrons. The van der Waals surface area contributed by atoms with Crippen LogP contribution in [0.4, 0.5) is 23.7 Å². The number of alkyl halides is 3. The fourth-order valence-electron chi connectivity index (χ4n) is 1.94. The van der Waals surface area contributed by atoms with E-state index in [9.17, 15) is 22.8 Å². The second-order valence-corrected chi connectivity index (χ2v) is 4.69. The Hall–Kier alpha value is -3.03. The largest absolute Gasteiger partial charge is 0.495 e. The Morgan fingerprint density at radius 2 is 1.67 bits per heavy atom. The molecule has 0 saturated carbocycles. The van der Waals surface area contributed by atoms with E-state index >= 15 is 0 Å². The maximum absolute atomic E-state index is 12.2. The molecule has 0 spiro atoms. The van der Waals surface area contributed by atoms with E-state index in [2.05, 4.69) is 5.32 Å². The molecule has 2 aromatic rings. The first-order valence-electron chi connectivity index (χ1n) is 6.74. The van der Waals surface area contributed by atoms with Crippen molar-refractivity contribution < 1.29 is 27.5 Å². The SMILES string of the molecule is COc1ccc(-c2ccccc2)cc1NC(=O)NC(=O)C(F)(F)F. The molecule has 0 saturated heterocycles. The van der Waals surface area contributed by atoms with Crippen LogP contribution in [0, 0.1) is 0 Å². The first-order valence-corrected chi connectivity index (χ1v) is 6.74. The van der Waals surface area contributed by atoms with Gasteiger partial charge in [0.05, 0.1) is 12.8 Å². The quantitative estimate of drug-likeness (QED) is 0.899. The molecular weight excluding hydrogens is 325 g/mol. The number of ether oxygens (including phenoxy) is 1. The Balaban J connectivity index is 2.22. The number of methoxy groups -OCH3 is 1. The zero-order chi connectivity index (χ0) is 17.7. The minimum atomic E-state index is -5.15. The number of carbonyl (C=O) groups excluding carboxylic acids is 2. The van der Waals surface area contributed by atoms with Crippen LogP contribution in [0.3, 0.4) is 0 Å². The lowest BCUT2D eigenvalue weighted by Crippen LogP contribution is -2.42. The van der Waals surface area contributed by atoms with E-state index in [0.717, 1.165) is 5.56 Å². The third kappa shape index (κ3) is 4.25. The molecule has 0 aliphatic heterocycles. The highest BCUT2D eigenvalue weighted by atomic mass is 19.4. The van der Waals surface area contributed by atoms with Crippen LogP contribution >= 0.6 is 0 Å². The van der Waals surface area contributed by atoms with Crippen LogP contribution in [0.25, 0.3) is 11.1 Å². The topological polar surface area (TPSA) is 67.4 Å². The first kappa shape index (κ1) is 17.3. The molecule has 0 aliphatic rings. The normalized spacial score (nSPS) is 10.8. The highest BCUT2D eigenvalue weighted by Gasteiger charge is 2.39. The van der Waals surface area contributed by atoms with E-state index in [4.69, 9.17) is 4.74 Å². The van der Waals surface area contributed by atoms with Crippen molar-refractivity contribution in [2.75, 3.05) is 12.4 Å². The summed E-state index contributed by atoms with van der Waals surface area (Å²) < 4.78 is 41.5. The highest BCUT2D eigenvalue weighted by molar-refractivity contribution is 6.03. The predicted molar refractivity (Wildman–Crippen MR) is 81.6 cm³/mol. The number of hydrogen-bond acceptors (Lipinski definition) is 3. The monoisotopic (exact) mass is 338 g/mol. The number of imide groups is 1. The Morgan fingerprint density at radius 3 is 2.25 bits per heavy atom. The summed E-state index contributed by atoms with van der Waals surface area (Å²) in [6, 6.07) is 12.7.